The summed E-state index contributed by atoms with van der Waals surface area (Å²) in [5.41, 5.74) is 4.59. The van der Waals surface area contributed by atoms with Crippen molar-refractivity contribution in [3.63, 3.8) is 0 Å². The molecule has 31 heavy (non-hydrogen) atoms. The van der Waals surface area contributed by atoms with Crippen LogP contribution in [-0.4, -0.2) is 34.5 Å². The molecule has 0 spiro atoms. The third-order valence-electron chi connectivity index (χ3n) is 6.23. The molecule has 3 aromatic rings. The van der Waals surface area contributed by atoms with Gasteiger partial charge in [-0.15, -0.1) is 0 Å². The lowest BCUT2D eigenvalue weighted by Gasteiger charge is -2.35. The van der Waals surface area contributed by atoms with E-state index in [0.29, 0.717) is 5.75 Å². The summed E-state index contributed by atoms with van der Waals surface area (Å²) in [5.74, 6) is 0.427. The van der Waals surface area contributed by atoms with E-state index in [1.165, 1.54) is 6.42 Å². The Kier molecular flexibility index (Phi) is 5.94. The molecule has 4 nitrogen and oxygen atoms in total. The monoisotopic (exact) mass is 420 g/mol. The predicted octanol–water partition coefficient (Wildman–Crippen LogP) is 5.83. The molecule has 1 amide bonds. The van der Waals surface area contributed by atoms with E-state index in [2.05, 4.69) is 11.9 Å². The zero-order valence-corrected chi connectivity index (χ0v) is 18.6. The molecule has 1 aliphatic rings. The zero-order valence-electron chi connectivity index (χ0n) is 18.6. The summed E-state index contributed by atoms with van der Waals surface area (Å²) in [4.78, 5) is 19.3. The number of carbonyl (C=O) groups is 1. The van der Waals surface area contributed by atoms with Crippen molar-refractivity contribution in [3.8, 4) is 16.9 Å². The summed E-state index contributed by atoms with van der Waals surface area (Å²) >= 11 is 0. The number of aromatic nitrogens is 1. The van der Waals surface area contributed by atoms with Crippen LogP contribution in [0.5, 0.6) is 5.75 Å². The highest BCUT2D eigenvalue weighted by Crippen LogP contribution is 2.34. The molecular weight excluding hydrogens is 391 g/mol. The van der Waals surface area contributed by atoms with E-state index in [9.17, 15) is 9.18 Å². The fraction of sp³-hybridized carbons (Fsp3) is 0.385. The van der Waals surface area contributed by atoms with Crippen molar-refractivity contribution >= 4 is 16.8 Å². The molecule has 2 heterocycles. The Morgan fingerprint density at radius 1 is 1.16 bits per heavy atom. The molecule has 0 saturated carbocycles. The van der Waals surface area contributed by atoms with E-state index in [-0.39, 0.29) is 17.8 Å². The highest BCUT2D eigenvalue weighted by atomic mass is 19.1. The molecule has 0 aliphatic carbocycles. The average molecular weight is 421 g/mol. The van der Waals surface area contributed by atoms with E-state index in [4.69, 9.17) is 4.74 Å². The number of hydrogen-bond acceptors (Lipinski definition) is 3. The van der Waals surface area contributed by atoms with Crippen LogP contribution in [-0.2, 0) is 4.79 Å². The summed E-state index contributed by atoms with van der Waals surface area (Å²) < 4.78 is 19.8. The van der Waals surface area contributed by atoms with Crippen LogP contribution in [0.1, 0.15) is 44.2 Å². The van der Waals surface area contributed by atoms with E-state index in [0.717, 1.165) is 52.5 Å². The molecule has 5 heteroatoms. The molecule has 0 N–H and O–H groups in total. The van der Waals surface area contributed by atoms with Gasteiger partial charge >= 0.3 is 0 Å². The van der Waals surface area contributed by atoms with Crippen molar-refractivity contribution in [2.75, 3.05) is 6.54 Å². The minimum atomic E-state index is -0.553. The number of pyridine rings is 1. The molecule has 1 aromatic heterocycles. The Labute approximate surface area is 183 Å². The first-order valence-corrected chi connectivity index (χ1v) is 11.0. The Morgan fingerprint density at radius 2 is 1.90 bits per heavy atom. The second-order valence-electron chi connectivity index (χ2n) is 8.59. The number of likely N-dealkylation sites (tertiary alicyclic amines) is 1. The van der Waals surface area contributed by atoms with Crippen LogP contribution in [0.25, 0.3) is 22.0 Å². The Hall–Kier alpha value is -2.95. The highest BCUT2D eigenvalue weighted by molar-refractivity contribution is 5.96. The molecule has 0 radical (unpaired) electrons. The number of halogens is 1. The maximum Gasteiger partial charge on any atom is 0.263 e. The first kappa shape index (κ1) is 21.3. The second-order valence-corrected chi connectivity index (χ2v) is 8.59. The van der Waals surface area contributed by atoms with Gasteiger partial charge in [0.1, 0.15) is 11.6 Å². The number of hydrogen-bond donors (Lipinski definition) is 0. The maximum atomic E-state index is 13.8. The van der Waals surface area contributed by atoms with Crippen molar-refractivity contribution in [1.29, 1.82) is 0 Å². The number of aryl methyl sites for hydroxylation is 2. The standard InChI is InChI=1S/C26H29FN2O2/c1-16-13-20(27)14-17(2)25(16)23-10-11-28-24-15-21(8-9-22(23)24)31-19(4)26(30)29-12-6-5-7-18(29)3/h8-11,13-15,18-19H,5-7,12H2,1-4H3/t18-,19+/m0/s1. The summed E-state index contributed by atoms with van der Waals surface area (Å²) in [6, 6.07) is 11.1. The summed E-state index contributed by atoms with van der Waals surface area (Å²) in [6.45, 7) is 8.55. The lowest BCUT2D eigenvalue weighted by Crippen LogP contribution is -2.47. The summed E-state index contributed by atoms with van der Waals surface area (Å²) in [7, 11) is 0. The van der Waals surface area contributed by atoms with Gasteiger partial charge in [-0.05, 0) is 99.5 Å². The lowest BCUT2D eigenvalue weighted by atomic mass is 9.93. The van der Waals surface area contributed by atoms with Gasteiger partial charge in [0.25, 0.3) is 5.91 Å². The maximum absolute atomic E-state index is 13.8. The van der Waals surface area contributed by atoms with E-state index >= 15 is 0 Å². The molecular formula is C26H29FN2O2. The van der Waals surface area contributed by atoms with Gasteiger partial charge in [0, 0.05) is 30.2 Å². The van der Waals surface area contributed by atoms with Crippen molar-refractivity contribution in [2.45, 2.75) is 59.1 Å². The number of benzene rings is 2. The summed E-state index contributed by atoms with van der Waals surface area (Å²) in [6.07, 6.45) is 4.47. The van der Waals surface area contributed by atoms with Crippen LogP contribution in [0.15, 0.2) is 42.6 Å². The van der Waals surface area contributed by atoms with Gasteiger partial charge in [-0.1, -0.05) is 0 Å². The first-order valence-electron chi connectivity index (χ1n) is 11.0. The molecule has 1 saturated heterocycles. The fourth-order valence-electron chi connectivity index (χ4n) is 4.67. The van der Waals surface area contributed by atoms with Crippen molar-refractivity contribution in [2.24, 2.45) is 0 Å². The molecule has 1 aliphatic heterocycles. The van der Waals surface area contributed by atoms with Crippen LogP contribution in [0.2, 0.25) is 0 Å². The van der Waals surface area contributed by atoms with Gasteiger partial charge in [0.15, 0.2) is 6.10 Å². The van der Waals surface area contributed by atoms with Crippen LogP contribution >= 0.6 is 0 Å². The van der Waals surface area contributed by atoms with Crippen LogP contribution in [0.3, 0.4) is 0 Å². The first-order chi connectivity index (χ1) is 14.8. The number of nitrogens with zero attached hydrogens (tertiary/aromatic N) is 2. The predicted molar refractivity (Wildman–Crippen MR) is 122 cm³/mol. The Balaban J connectivity index is 1.62. The van der Waals surface area contributed by atoms with Crippen LogP contribution in [0.4, 0.5) is 4.39 Å². The van der Waals surface area contributed by atoms with Gasteiger partial charge in [-0.3, -0.25) is 9.78 Å². The highest BCUT2D eigenvalue weighted by Gasteiger charge is 2.28. The number of ether oxygens (including phenoxy) is 1. The molecule has 0 bridgehead atoms. The number of fused-ring (bicyclic) bond motifs is 1. The fourth-order valence-corrected chi connectivity index (χ4v) is 4.67. The third kappa shape index (κ3) is 4.27. The molecule has 0 unspecified atom stereocenters. The van der Waals surface area contributed by atoms with Crippen LogP contribution < -0.4 is 4.74 Å². The van der Waals surface area contributed by atoms with E-state index in [1.54, 1.807) is 18.3 Å². The third-order valence-corrected chi connectivity index (χ3v) is 6.23. The Bertz CT molecular complexity index is 1100. The van der Waals surface area contributed by atoms with Gasteiger partial charge in [-0.25, -0.2) is 4.39 Å². The van der Waals surface area contributed by atoms with Gasteiger partial charge < -0.3 is 9.64 Å². The molecule has 162 valence electrons. The number of piperidine rings is 1. The molecule has 1 fully saturated rings. The SMILES string of the molecule is Cc1cc(F)cc(C)c1-c1ccnc2cc(O[C@H](C)C(=O)N3CCCC[C@@H]3C)ccc12. The average Bonchev–Trinajstić information content (AvgIpc) is 2.73. The van der Waals surface area contributed by atoms with Crippen molar-refractivity contribution < 1.29 is 13.9 Å². The Morgan fingerprint density at radius 3 is 2.61 bits per heavy atom. The minimum absolute atomic E-state index is 0.0339. The zero-order chi connectivity index (χ0) is 22.1. The van der Waals surface area contributed by atoms with Gasteiger partial charge in [0.2, 0.25) is 0 Å². The number of carbonyl (C=O) groups excluding carboxylic acids is 1. The molecule has 2 aromatic carbocycles. The van der Waals surface area contributed by atoms with Gasteiger partial charge in [0.05, 0.1) is 5.52 Å². The van der Waals surface area contributed by atoms with Crippen LogP contribution in [0, 0.1) is 19.7 Å². The molecule has 2 atom stereocenters. The second kappa shape index (κ2) is 8.66. The minimum Gasteiger partial charge on any atom is -0.481 e. The topological polar surface area (TPSA) is 42.4 Å². The van der Waals surface area contributed by atoms with Crippen molar-refractivity contribution in [3.05, 3.63) is 59.5 Å². The lowest BCUT2D eigenvalue weighted by molar-refractivity contribution is -0.141. The van der Waals surface area contributed by atoms with E-state index in [1.807, 2.05) is 49.9 Å². The number of amides is 1. The molecule has 4 rings (SSSR count). The quantitative estimate of drug-likeness (QED) is 0.534. The summed E-state index contributed by atoms with van der Waals surface area (Å²) in [5, 5.41) is 0.969. The largest absolute Gasteiger partial charge is 0.481 e. The number of rotatable bonds is 4. The normalized spacial score (nSPS) is 17.6. The smallest absolute Gasteiger partial charge is 0.263 e. The van der Waals surface area contributed by atoms with Crippen molar-refractivity contribution in [1.82, 2.24) is 9.88 Å². The van der Waals surface area contributed by atoms with Gasteiger partial charge in [-0.2, -0.15) is 0 Å². The van der Waals surface area contributed by atoms with E-state index < -0.39 is 6.10 Å².